The van der Waals surface area contributed by atoms with Crippen LogP contribution in [-0.2, 0) is 4.79 Å². The van der Waals surface area contributed by atoms with Crippen LogP contribution in [0.25, 0.3) is 0 Å². The predicted octanol–water partition coefficient (Wildman–Crippen LogP) is -0.327. The largest absolute Gasteiger partial charge is 0.340 e. The molecule has 1 amide bonds. The second-order valence-electron chi connectivity index (χ2n) is 3.70. The summed E-state index contributed by atoms with van der Waals surface area (Å²) in [6.45, 7) is 3.42. The third-order valence-electron chi connectivity index (χ3n) is 2.53. The van der Waals surface area contributed by atoms with E-state index in [1.54, 1.807) is 4.90 Å². The molecule has 4 heteroatoms. The molecule has 13 heavy (non-hydrogen) atoms. The SMILES string of the molecule is CCC(N)C(=O)N1CCCC(N)C1. The smallest absolute Gasteiger partial charge is 0.239 e. The number of nitrogens with zero attached hydrogens (tertiary/aromatic N) is 1. The summed E-state index contributed by atoms with van der Waals surface area (Å²) in [5, 5.41) is 0. The van der Waals surface area contributed by atoms with Gasteiger partial charge in [-0.3, -0.25) is 4.79 Å². The van der Waals surface area contributed by atoms with Crippen molar-refractivity contribution in [1.29, 1.82) is 0 Å². The van der Waals surface area contributed by atoms with Gasteiger partial charge in [0.1, 0.15) is 0 Å². The first kappa shape index (κ1) is 10.5. The molecule has 1 aliphatic heterocycles. The van der Waals surface area contributed by atoms with Crippen molar-refractivity contribution < 1.29 is 4.79 Å². The van der Waals surface area contributed by atoms with Crippen LogP contribution >= 0.6 is 0 Å². The first-order valence-corrected chi connectivity index (χ1v) is 4.95. The third kappa shape index (κ3) is 2.67. The van der Waals surface area contributed by atoms with Gasteiger partial charge in [0.05, 0.1) is 6.04 Å². The van der Waals surface area contributed by atoms with Gasteiger partial charge in [-0.15, -0.1) is 0 Å². The zero-order valence-electron chi connectivity index (χ0n) is 8.20. The lowest BCUT2D eigenvalue weighted by Gasteiger charge is -2.32. The van der Waals surface area contributed by atoms with Crippen molar-refractivity contribution in [3.8, 4) is 0 Å². The van der Waals surface area contributed by atoms with Gasteiger partial charge < -0.3 is 16.4 Å². The molecule has 2 atom stereocenters. The molecule has 1 rings (SSSR count). The number of nitrogens with two attached hydrogens (primary N) is 2. The Labute approximate surface area is 79.3 Å². The van der Waals surface area contributed by atoms with E-state index in [-0.39, 0.29) is 18.0 Å². The van der Waals surface area contributed by atoms with Crippen molar-refractivity contribution in [1.82, 2.24) is 4.90 Å². The summed E-state index contributed by atoms with van der Waals surface area (Å²) >= 11 is 0. The topological polar surface area (TPSA) is 72.4 Å². The molecule has 0 aromatic heterocycles. The number of amides is 1. The molecule has 1 fully saturated rings. The van der Waals surface area contributed by atoms with Crippen molar-refractivity contribution in [3.63, 3.8) is 0 Å². The van der Waals surface area contributed by atoms with Gasteiger partial charge in [-0.1, -0.05) is 6.92 Å². The minimum absolute atomic E-state index is 0.0534. The van der Waals surface area contributed by atoms with E-state index in [9.17, 15) is 4.79 Å². The summed E-state index contributed by atoms with van der Waals surface area (Å²) in [6, 6.07) is -0.202. The Kier molecular flexibility index (Phi) is 3.69. The van der Waals surface area contributed by atoms with Crippen LogP contribution in [0, 0.1) is 0 Å². The number of hydrogen-bond donors (Lipinski definition) is 2. The lowest BCUT2D eigenvalue weighted by Crippen LogP contribution is -2.51. The average Bonchev–Trinajstić information content (AvgIpc) is 2.15. The molecule has 4 nitrogen and oxygen atoms in total. The minimum Gasteiger partial charge on any atom is -0.340 e. The lowest BCUT2D eigenvalue weighted by molar-refractivity contribution is -0.133. The Morgan fingerprint density at radius 1 is 1.69 bits per heavy atom. The molecule has 0 radical (unpaired) electrons. The maximum atomic E-state index is 11.6. The predicted molar refractivity (Wildman–Crippen MR) is 52.1 cm³/mol. The summed E-state index contributed by atoms with van der Waals surface area (Å²) in [4.78, 5) is 13.4. The Balaban J connectivity index is 2.46. The van der Waals surface area contributed by atoms with Crippen LogP contribution in [0.1, 0.15) is 26.2 Å². The standard InChI is InChI=1S/C9H19N3O/c1-2-8(11)9(13)12-5-3-4-7(10)6-12/h7-8H,2-6,10-11H2,1H3. The normalized spacial score (nSPS) is 25.8. The maximum absolute atomic E-state index is 11.6. The Hall–Kier alpha value is -0.610. The molecule has 1 heterocycles. The molecule has 0 saturated carbocycles. The Bertz CT molecular complexity index is 184. The molecule has 76 valence electrons. The molecule has 1 aliphatic rings. The molecular formula is C9H19N3O. The highest BCUT2D eigenvalue weighted by Gasteiger charge is 2.24. The van der Waals surface area contributed by atoms with E-state index in [1.807, 2.05) is 6.92 Å². The zero-order valence-corrected chi connectivity index (χ0v) is 8.20. The number of hydrogen-bond acceptors (Lipinski definition) is 3. The fraction of sp³-hybridized carbons (Fsp3) is 0.889. The summed E-state index contributed by atoms with van der Waals surface area (Å²) < 4.78 is 0. The van der Waals surface area contributed by atoms with Crippen molar-refractivity contribution in [2.45, 2.75) is 38.3 Å². The molecular weight excluding hydrogens is 166 g/mol. The molecule has 0 aromatic rings. The van der Waals surface area contributed by atoms with E-state index >= 15 is 0 Å². The molecule has 0 bridgehead atoms. The van der Waals surface area contributed by atoms with Gasteiger partial charge in [0.25, 0.3) is 0 Å². The van der Waals surface area contributed by atoms with Gasteiger partial charge in [-0.05, 0) is 19.3 Å². The second kappa shape index (κ2) is 4.58. The van der Waals surface area contributed by atoms with Gasteiger partial charge in [0.2, 0.25) is 5.91 Å². The van der Waals surface area contributed by atoms with Crippen molar-refractivity contribution >= 4 is 5.91 Å². The summed E-state index contributed by atoms with van der Waals surface area (Å²) in [7, 11) is 0. The van der Waals surface area contributed by atoms with E-state index in [0.29, 0.717) is 13.0 Å². The number of rotatable bonds is 2. The summed E-state index contributed by atoms with van der Waals surface area (Å²) in [5.41, 5.74) is 11.4. The highest BCUT2D eigenvalue weighted by Crippen LogP contribution is 2.09. The molecule has 0 spiro atoms. The van der Waals surface area contributed by atoms with Gasteiger partial charge >= 0.3 is 0 Å². The number of piperidine rings is 1. The summed E-state index contributed by atoms with van der Waals surface area (Å²) in [6.07, 6.45) is 2.72. The third-order valence-corrected chi connectivity index (χ3v) is 2.53. The average molecular weight is 185 g/mol. The number of carbonyl (C=O) groups is 1. The van der Waals surface area contributed by atoms with Gasteiger partial charge in [-0.25, -0.2) is 0 Å². The van der Waals surface area contributed by atoms with Gasteiger partial charge in [0.15, 0.2) is 0 Å². The number of carbonyl (C=O) groups excluding carboxylic acids is 1. The maximum Gasteiger partial charge on any atom is 0.239 e. The van der Waals surface area contributed by atoms with Crippen molar-refractivity contribution in [2.24, 2.45) is 11.5 Å². The van der Waals surface area contributed by atoms with Crippen molar-refractivity contribution in [3.05, 3.63) is 0 Å². The van der Waals surface area contributed by atoms with Gasteiger partial charge in [-0.2, -0.15) is 0 Å². The monoisotopic (exact) mass is 185 g/mol. The highest BCUT2D eigenvalue weighted by atomic mass is 16.2. The first-order valence-electron chi connectivity index (χ1n) is 4.95. The first-order chi connectivity index (χ1) is 6.15. The Morgan fingerprint density at radius 2 is 2.38 bits per heavy atom. The Morgan fingerprint density at radius 3 is 2.92 bits per heavy atom. The van der Waals surface area contributed by atoms with Crippen LogP contribution in [0.2, 0.25) is 0 Å². The number of likely N-dealkylation sites (tertiary alicyclic amines) is 1. The molecule has 1 saturated heterocycles. The van der Waals surface area contributed by atoms with Crippen LogP contribution in [0.5, 0.6) is 0 Å². The molecule has 0 aliphatic carbocycles. The lowest BCUT2D eigenvalue weighted by atomic mass is 10.1. The van der Waals surface area contributed by atoms with E-state index in [1.165, 1.54) is 0 Å². The molecule has 0 aromatic carbocycles. The molecule has 2 unspecified atom stereocenters. The zero-order chi connectivity index (χ0) is 9.84. The van der Waals surface area contributed by atoms with Crippen LogP contribution in [0.3, 0.4) is 0 Å². The van der Waals surface area contributed by atoms with Crippen LogP contribution in [-0.4, -0.2) is 36.0 Å². The van der Waals surface area contributed by atoms with E-state index in [0.717, 1.165) is 19.4 Å². The van der Waals surface area contributed by atoms with E-state index in [4.69, 9.17) is 11.5 Å². The highest BCUT2D eigenvalue weighted by molar-refractivity contribution is 5.81. The van der Waals surface area contributed by atoms with Crippen LogP contribution in [0.15, 0.2) is 0 Å². The summed E-state index contributed by atoms with van der Waals surface area (Å²) in [5.74, 6) is 0.0534. The molecule has 4 N–H and O–H groups in total. The quantitative estimate of drug-likeness (QED) is 0.619. The van der Waals surface area contributed by atoms with Crippen LogP contribution < -0.4 is 11.5 Å². The van der Waals surface area contributed by atoms with E-state index in [2.05, 4.69) is 0 Å². The van der Waals surface area contributed by atoms with E-state index < -0.39 is 0 Å². The fourth-order valence-electron chi connectivity index (χ4n) is 1.62. The van der Waals surface area contributed by atoms with Crippen molar-refractivity contribution in [2.75, 3.05) is 13.1 Å². The second-order valence-corrected chi connectivity index (χ2v) is 3.70. The van der Waals surface area contributed by atoms with Crippen LogP contribution in [0.4, 0.5) is 0 Å². The van der Waals surface area contributed by atoms with Gasteiger partial charge in [0, 0.05) is 19.1 Å². The minimum atomic E-state index is -0.342. The fourth-order valence-corrected chi connectivity index (χ4v) is 1.62.